The van der Waals surface area contributed by atoms with Crippen LogP contribution in [0.5, 0.6) is 11.5 Å². The lowest BCUT2D eigenvalue weighted by Crippen LogP contribution is -2.15. The minimum atomic E-state index is -5.32. The Morgan fingerprint density at radius 3 is 1.65 bits per heavy atom. The fourth-order valence-electron chi connectivity index (χ4n) is 6.24. The van der Waals surface area contributed by atoms with Crippen molar-refractivity contribution >= 4 is 123 Å². The van der Waals surface area contributed by atoms with Crippen molar-refractivity contribution in [2.45, 2.75) is 19.6 Å². The summed E-state index contributed by atoms with van der Waals surface area (Å²) in [6.45, 7) is -1.81. The molecule has 0 aliphatic carbocycles. The van der Waals surface area contributed by atoms with Gasteiger partial charge in [-0.05, 0) is 72.8 Å². The highest BCUT2D eigenvalue weighted by Gasteiger charge is 2.26. The van der Waals surface area contributed by atoms with E-state index in [0.717, 1.165) is 61.7 Å². The van der Waals surface area contributed by atoms with Gasteiger partial charge in [0.2, 0.25) is 11.9 Å². The standard InChI is InChI=1S/C37H35FN10O20S6/c1-39-27-11-9-24-25(19-31(72(57,58)59)33(34(24)49)48-45-26-10-8-23(18-29(26)66-2)70(52,53)16-14-68-74(63,64)65)32(27)47-46-28-17-21(5-12-30(28)71(54,55)56)41-37-43-35(38)42-36(44-37)40-20-3-6-22(7-4-20)69(50,51)15-13-67-73(60,61)62/h3-12,17-19,39,49H,13-16H2,1-2H3,(H,54,55,56)(H,57,58,59)(H,60,61,62)(H,63,64,65)(H2,40,41,42,43,44). The van der Waals surface area contributed by atoms with Crippen LogP contribution < -0.4 is 20.7 Å². The van der Waals surface area contributed by atoms with Crippen LogP contribution in [0.1, 0.15) is 0 Å². The summed E-state index contributed by atoms with van der Waals surface area (Å²) in [5.41, 5.74) is -1.94. The van der Waals surface area contributed by atoms with Crippen LogP contribution in [0.4, 0.5) is 56.1 Å². The number of nitrogens with zero attached hydrogens (tertiary/aromatic N) is 7. The van der Waals surface area contributed by atoms with Crippen LogP contribution in [-0.4, -0.2) is 128 Å². The van der Waals surface area contributed by atoms with E-state index >= 15 is 0 Å². The van der Waals surface area contributed by atoms with Crippen LogP contribution in [0, 0.1) is 6.08 Å². The normalized spacial score (nSPS) is 12.9. The predicted molar refractivity (Wildman–Crippen MR) is 254 cm³/mol. The van der Waals surface area contributed by atoms with E-state index in [1.54, 1.807) is 0 Å². The van der Waals surface area contributed by atoms with Crippen LogP contribution in [0.25, 0.3) is 10.8 Å². The van der Waals surface area contributed by atoms with Gasteiger partial charge < -0.3 is 25.8 Å². The van der Waals surface area contributed by atoms with Crippen LogP contribution >= 0.6 is 0 Å². The fraction of sp³-hybridized carbons (Fsp3) is 0.162. The number of rotatable bonds is 22. The third kappa shape index (κ3) is 14.4. The lowest BCUT2D eigenvalue weighted by molar-refractivity contribution is 0.282. The number of nitrogens with one attached hydrogen (secondary N) is 3. The molecule has 0 unspecified atom stereocenters. The highest BCUT2D eigenvalue weighted by molar-refractivity contribution is 7.91. The third-order valence-corrected chi connectivity index (χ3v) is 15.6. The van der Waals surface area contributed by atoms with Gasteiger partial charge in [-0.2, -0.15) is 53.0 Å². The Labute approximate surface area is 418 Å². The Bertz CT molecular complexity index is 3950. The number of aromatic nitrogens is 3. The van der Waals surface area contributed by atoms with Crippen LogP contribution in [0.2, 0.25) is 0 Å². The lowest BCUT2D eigenvalue weighted by Gasteiger charge is -2.13. The number of ether oxygens (including phenoxy) is 1. The molecule has 0 radical (unpaired) electrons. The number of fused-ring (bicyclic) bond motifs is 1. The molecule has 0 aliphatic rings. The number of methoxy groups -OCH3 is 1. The molecule has 5 aromatic carbocycles. The van der Waals surface area contributed by atoms with E-state index in [0.29, 0.717) is 0 Å². The van der Waals surface area contributed by atoms with Gasteiger partial charge in [0.25, 0.3) is 20.2 Å². The molecule has 0 amide bonds. The lowest BCUT2D eigenvalue weighted by atomic mass is 10.1. The average Bonchev–Trinajstić information content (AvgIpc) is 3.28. The minimum absolute atomic E-state index is 0.0607. The Morgan fingerprint density at radius 1 is 0.568 bits per heavy atom. The average molecular weight is 1150 g/mol. The summed E-state index contributed by atoms with van der Waals surface area (Å²) in [6.07, 6.45) is -1.35. The summed E-state index contributed by atoms with van der Waals surface area (Å²) < 4.78 is 210. The van der Waals surface area contributed by atoms with Gasteiger partial charge in [-0.3, -0.25) is 18.2 Å². The van der Waals surface area contributed by atoms with E-state index in [1.165, 1.54) is 31.3 Å². The van der Waals surface area contributed by atoms with Gasteiger partial charge in [-0.15, -0.1) is 20.5 Å². The first-order valence-corrected chi connectivity index (χ1v) is 28.6. The van der Waals surface area contributed by atoms with Gasteiger partial charge >= 0.3 is 26.9 Å². The number of sulfone groups is 2. The van der Waals surface area contributed by atoms with Gasteiger partial charge in [-0.25, -0.2) is 25.2 Å². The molecule has 37 heteroatoms. The molecule has 0 saturated heterocycles. The molecular weight excluding hydrogens is 1120 g/mol. The number of hydrogen-bond acceptors (Lipinski definition) is 26. The summed E-state index contributed by atoms with van der Waals surface area (Å²) in [5, 5.41) is 34.7. The quantitative estimate of drug-likeness (QED) is 0.0330. The van der Waals surface area contributed by atoms with Gasteiger partial charge in [-0.1, -0.05) is 0 Å². The van der Waals surface area contributed by atoms with E-state index in [-0.39, 0.29) is 49.9 Å². The molecule has 0 spiro atoms. The van der Waals surface area contributed by atoms with E-state index in [4.69, 9.17) is 13.8 Å². The van der Waals surface area contributed by atoms with Crippen LogP contribution in [0.3, 0.4) is 0 Å². The van der Waals surface area contributed by atoms with Crippen molar-refractivity contribution in [2.24, 2.45) is 20.5 Å². The number of phenols is 1. The molecule has 0 atom stereocenters. The molecule has 396 valence electrons. The Morgan fingerprint density at radius 2 is 1.09 bits per heavy atom. The zero-order valence-corrected chi connectivity index (χ0v) is 42.1. The second-order valence-corrected chi connectivity index (χ2v) is 23.6. The second-order valence-electron chi connectivity index (χ2n) is 14.4. The van der Waals surface area contributed by atoms with Crippen LogP contribution in [0.15, 0.2) is 119 Å². The van der Waals surface area contributed by atoms with Crippen molar-refractivity contribution in [2.75, 3.05) is 54.8 Å². The first kappa shape index (κ1) is 56.3. The van der Waals surface area contributed by atoms with Crippen molar-refractivity contribution in [3.63, 3.8) is 0 Å². The van der Waals surface area contributed by atoms with Crippen molar-refractivity contribution in [1.29, 1.82) is 0 Å². The van der Waals surface area contributed by atoms with E-state index in [1.807, 2.05) is 0 Å². The van der Waals surface area contributed by atoms with Crippen molar-refractivity contribution in [3.05, 3.63) is 84.9 Å². The first-order chi connectivity index (χ1) is 34.4. The van der Waals surface area contributed by atoms with Gasteiger partial charge in [0.05, 0.1) is 47.3 Å². The summed E-state index contributed by atoms with van der Waals surface area (Å²) >= 11 is 0. The summed E-state index contributed by atoms with van der Waals surface area (Å²) in [5.74, 6) is -3.86. The zero-order valence-electron chi connectivity index (χ0n) is 37.2. The number of phenolic OH excluding ortho intramolecular Hbond substituents is 1. The zero-order chi connectivity index (χ0) is 54.6. The van der Waals surface area contributed by atoms with Gasteiger partial charge in [0.1, 0.15) is 38.3 Å². The molecule has 74 heavy (non-hydrogen) atoms. The van der Waals surface area contributed by atoms with Crippen LogP contribution in [-0.2, 0) is 69.1 Å². The molecule has 1 aromatic heterocycles. The summed E-state index contributed by atoms with van der Waals surface area (Å²) in [7, 11) is -26.1. The highest BCUT2D eigenvalue weighted by atomic mass is 32.3. The number of hydrogen-bond donors (Lipinski definition) is 8. The molecule has 0 bridgehead atoms. The molecule has 6 aromatic rings. The van der Waals surface area contributed by atoms with Crippen molar-refractivity contribution in [1.82, 2.24) is 15.0 Å². The number of aromatic hydroxyl groups is 1. The highest BCUT2D eigenvalue weighted by Crippen LogP contribution is 2.47. The maximum absolute atomic E-state index is 14.7. The maximum Gasteiger partial charge on any atom is 0.397 e. The molecule has 1 heterocycles. The van der Waals surface area contributed by atoms with Gasteiger partial charge in [0, 0.05) is 35.3 Å². The molecule has 6 rings (SSSR count). The third-order valence-electron chi connectivity index (χ3n) is 9.52. The molecule has 0 saturated carbocycles. The Kier molecular flexibility index (Phi) is 16.6. The summed E-state index contributed by atoms with van der Waals surface area (Å²) in [6, 6.07) is 14.0. The Hall–Kier alpha value is -7.04. The van der Waals surface area contributed by atoms with Crippen molar-refractivity contribution in [3.8, 4) is 11.5 Å². The molecule has 0 fully saturated rings. The largest absolute Gasteiger partial charge is 0.505 e. The second kappa shape index (κ2) is 21.8. The molecule has 30 nitrogen and oxygen atoms in total. The molecule has 0 aliphatic heterocycles. The number of benzene rings is 5. The van der Waals surface area contributed by atoms with E-state index < -0.39 is 135 Å². The smallest absolute Gasteiger partial charge is 0.397 e. The number of anilines is 5. The monoisotopic (exact) mass is 1150 g/mol. The first-order valence-electron chi connectivity index (χ1n) is 19.7. The SMILES string of the molecule is CNc1ccc2c(O)c(N=Nc3ccc(S(=O)(=O)CCOS(=O)(=O)O)cc3OC)c(S(=O)(=O)O)cc2c1N=Nc1cc(Nc2nc(F)nc(Nc3ccc(S(=O)(=O)CCOS(=O)(=O)O)cc3)n2)ccc1S(=O)(=O)O. The van der Waals surface area contributed by atoms with E-state index in [2.05, 4.69) is 59.7 Å². The number of halogens is 1. The van der Waals surface area contributed by atoms with Gasteiger partial charge in [0.15, 0.2) is 25.4 Å². The predicted octanol–water partition coefficient (Wildman–Crippen LogP) is 4.92. The summed E-state index contributed by atoms with van der Waals surface area (Å²) in [4.78, 5) is 8.49. The maximum atomic E-state index is 14.7. The molecular formula is C37H35FN10O20S6. The van der Waals surface area contributed by atoms with Crippen molar-refractivity contribution < 1.29 is 91.3 Å². The fourth-order valence-corrected chi connectivity index (χ4v) is 10.5. The Balaban J connectivity index is 1.32. The topological polar surface area (TPSA) is 458 Å². The van der Waals surface area contributed by atoms with E-state index in [9.17, 15) is 69.1 Å². The number of azo groups is 2. The minimum Gasteiger partial charge on any atom is -0.505 e. The molecule has 8 N–H and O–H groups in total.